The van der Waals surface area contributed by atoms with Gasteiger partial charge in [0.05, 0.1) is 30.2 Å². The Kier molecular flexibility index (Phi) is 9.22. The molecule has 0 bridgehead atoms. The number of thiophene rings is 1. The van der Waals surface area contributed by atoms with E-state index in [1.165, 1.54) is 4.90 Å². The van der Waals surface area contributed by atoms with Crippen molar-refractivity contribution in [1.82, 2.24) is 9.80 Å². The number of nitrogens with zero attached hydrogens (tertiary/aromatic N) is 2. The van der Waals surface area contributed by atoms with Crippen LogP contribution in [0.3, 0.4) is 0 Å². The normalized spacial score (nSPS) is 10.7. The van der Waals surface area contributed by atoms with Crippen molar-refractivity contribution >= 4 is 34.1 Å². The van der Waals surface area contributed by atoms with Gasteiger partial charge in [0.1, 0.15) is 10.8 Å². The van der Waals surface area contributed by atoms with E-state index in [1.807, 2.05) is 43.1 Å². The number of likely N-dealkylation sites (N-methyl/N-ethyl adjacent to an activating group) is 1. The Hall–Kier alpha value is -2.91. The third kappa shape index (κ3) is 6.54. The molecule has 0 fully saturated rings. The highest BCUT2D eigenvalue weighted by molar-refractivity contribution is 7.18. The van der Waals surface area contributed by atoms with Crippen LogP contribution in [0.2, 0.25) is 0 Å². The van der Waals surface area contributed by atoms with Gasteiger partial charge < -0.3 is 19.7 Å². The van der Waals surface area contributed by atoms with Gasteiger partial charge in [-0.1, -0.05) is 12.1 Å². The van der Waals surface area contributed by atoms with Gasteiger partial charge in [-0.15, -0.1) is 11.3 Å². The number of amides is 2. The van der Waals surface area contributed by atoms with Crippen molar-refractivity contribution in [1.29, 1.82) is 0 Å². The molecule has 0 atom stereocenters. The third-order valence-electron chi connectivity index (χ3n) is 4.58. The van der Waals surface area contributed by atoms with Gasteiger partial charge in [-0.3, -0.25) is 14.5 Å². The SMILES string of the molecule is CCOC(=O)c1c(NC(=O)CN(C)Cc2ccc(OCC)cc2)sc(C(=O)N(C)C)c1C. The van der Waals surface area contributed by atoms with Gasteiger partial charge in [0.2, 0.25) is 5.91 Å². The lowest BCUT2D eigenvalue weighted by molar-refractivity contribution is -0.117. The summed E-state index contributed by atoms with van der Waals surface area (Å²) in [6.45, 7) is 6.82. The van der Waals surface area contributed by atoms with Gasteiger partial charge >= 0.3 is 5.97 Å². The Morgan fingerprint density at radius 2 is 1.69 bits per heavy atom. The minimum Gasteiger partial charge on any atom is -0.494 e. The van der Waals surface area contributed by atoms with Crippen molar-refractivity contribution in [2.75, 3.05) is 46.2 Å². The highest BCUT2D eigenvalue weighted by atomic mass is 32.1. The van der Waals surface area contributed by atoms with Gasteiger partial charge in [0, 0.05) is 20.6 Å². The Morgan fingerprint density at radius 3 is 2.25 bits per heavy atom. The van der Waals surface area contributed by atoms with Crippen LogP contribution in [0.1, 0.15) is 45.0 Å². The van der Waals surface area contributed by atoms with Crippen molar-refractivity contribution in [3.05, 3.63) is 45.8 Å². The van der Waals surface area contributed by atoms with Crippen molar-refractivity contribution in [3.8, 4) is 5.75 Å². The minimum absolute atomic E-state index is 0.114. The molecule has 0 spiro atoms. The lowest BCUT2D eigenvalue weighted by Gasteiger charge is -2.16. The lowest BCUT2D eigenvalue weighted by Crippen LogP contribution is -2.30. The monoisotopic (exact) mass is 461 g/mol. The van der Waals surface area contributed by atoms with Crippen LogP contribution in [0.4, 0.5) is 5.00 Å². The van der Waals surface area contributed by atoms with Crippen LogP contribution in [-0.4, -0.2) is 68.5 Å². The molecule has 1 N–H and O–H groups in total. The number of hydrogen-bond donors (Lipinski definition) is 1. The summed E-state index contributed by atoms with van der Waals surface area (Å²) in [5.41, 5.74) is 1.77. The molecule has 0 aliphatic heterocycles. The topological polar surface area (TPSA) is 88.2 Å². The molecular formula is C23H31N3O5S. The smallest absolute Gasteiger partial charge is 0.341 e. The van der Waals surface area contributed by atoms with E-state index in [2.05, 4.69) is 5.32 Å². The van der Waals surface area contributed by atoms with Crippen LogP contribution in [-0.2, 0) is 16.1 Å². The molecule has 0 saturated carbocycles. The number of nitrogens with one attached hydrogen (secondary N) is 1. The Bertz CT molecular complexity index is 953. The van der Waals surface area contributed by atoms with E-state index in [-0.39, 0.29) is 30.5 Å². The summed E-state index contributed by atoms with van der Waals surface area (Å²) in [6.07, 6.45) is 0. The Balaban J connectivity index is 2.12. The zero-order valence-corrected chi connectivity index (χ0v) is 20.3. The summed E-state index contributed by atoms with van der Waals surface area (Å²) in [6, 6.07) is 7.71. The molecule has 0 unspecified atom stereocenters. The van der Waals surface area contributed by atoms with Gasteiger partial charge in [0.15, 0.2) is 0 Å². The maximum atomic E-state index is 12.7. The molecule has 1 aromatic heterocycles. The molecular weight excluding hydrogens is 430 g/mol. The van der Waals surface area contributed by atoms with Gasteiger partial charge in [-0.2, -0.15) is 0 Å². The number of rotatable bonds is 10. The Morgan fingerprint density at radius 1 is 1.03 bits per heavy atom. The maximum absolute atomic E-state index is 12.7. The first-order chi connectivity index (χ1) is 15.2. The molecule has 0 radical (unpaired) electrons. The molecule has 1 heterocycles. The average molecular weight is 462 g/mol. The summed E-state index contributed by atoms with van der Waals surface area (Å²) >= 11 is 1.09. The fraction of sp³-hybridized carbons (Fsp3) is 0.435. The average Bonchev–Trinajstić information content (AvgIpc) is 3.04. The van der Waals surface area contributed by atoms with Crippen LogP contribution in [0, 0.1) is 6.92 Å². The van der Waals surface area contributed by atoms with E-state index >= 15 is 0 Å². The van der Waals surface area contributed by atoms with Gasteiger partial charge in [-0.25, -0.2) is 4.79 Å². The van der Waals surface area contributed by atoms with E-state index in [0.29, 0.717) is 28.6 Å². The van der Waals surface area contributed by atoms with E-state index in [1.54, 1.807) is 27.9 Å². The molecule has 2 amide bonds. The van der Waals surface area contributed by atoms with E-state index in [4.69, 9.17) is 9.47 Å². The van der Waals surface area contributed by atoms with Crippen LogP contribution in [0.5, 0.6) is 5.75 Å². The highest BCUT2D eigenvalue weighted by Crippen LogP contribution is 2.34. The van der Waals surface area contributed by atoms with E-state index < -0.39 is 5.97 Å². The number of anilines is 1. The molecule has 2 rings (SSSR count). The fourth-order valence-electron chi connectivity index (χ4n) is 3.09. The third-order valence-corrected chi connectivity index (χ3v) is 5.78. The number of benzene rings is 1. The quantitative estimate of drug-likeness (QED) is 0.546. The summed E-state index contributed by atoms with van der Waals surface area (Å²) in [4.78, 5) is 41.4. The first-order valence-electron chi connectivity index (χ1n) is 10.4. The summed E-state index contributed by atoms with van der Waals surface area (Å²) in [5.74, 6) is -0.267. The Labute approximate surface area is 193 Å². The summed E-state index contributed by atoms with van der Waals surface area (Å²) < 4.78 is 10.6. The number of esters is 1. The standard InChI is InChI=1S/C23H31N3O5S/c1-7-30-17-11-9-16(10-12-17)13-26(6)14-18(27)24-21-19(23(29)31-8-2)15(3)20(32-21)22(28)25(4)5/h9-12H,7-8,13-14H2,1-6H3,(H,24,27). The number of carbonyl (C=O) groups is 3. The zero-order valence-electron chi connectivity index (χ0n) is 19.5. The second-order valence-electron chi connectivity index (χ2n) is 7.48. The lowest BCUT2D eigenvalue weighted by atomic mass is 10.1. The van der Waals surface area contributed by atoms with Crippen LogP contribution < -0.4 is 10.1 Å². The summed E-state index contributed by atoms with van der Waals surface area (Å²) in [5, 5.41) is 3.12. The molecule has 1 aromatic carbocycles. The first-order valence-corrected chi connectivity index (χ1v) is 11.2. The van der Waals surface area contributed by atoms with Crippen LogP contribution >= 0.6 is 11.3 Å². The van der Waals surface area contributed by atoms with Crippen molar-refractivity contribution < 1.29 is 23.9 Å². The van der Waals surface area contributed by atoms with E-state index in [0.717, 1.165) is 22.6 Å². The molecule has 174 valence electrons. The first kappa shape index (κ1) is 25.4. The van der Waals surface area contributed by atoms with Crippen molar-refractivity contribution in [2.45, 2.75) is 27.3 Å². The predicted molar refractivity (Wildman–Crippen MR) is 126 cm³/mol. The van der Waals surface area contributed by atoms with Crippen LogP contribution in [0.25, 0.3) is 0 Å². The number of carbonyl (C=O) groups excluding carboxylic acids is 3. The largest absolute Gasteiger partial charge is 0.494 e. The van der Waals surface area contributed by atoms with Crippen molar-refractivity contribution in [2.24, 2.45) is 0 Å². The number of hydrogen-bond acceptors (Lipinski definition) is 7. The molecule has 8 nitrogen and oxygen atoms in total. The van der Waals surface area contributed by atoms with Gasteiger partial charge in [0.25, 0.3) is 5.91 Å². The molecule has 32 heavy (non-hydrogen) atoms. The predicted octanol–water partition coefficient (Wildman–Crippen LogP) is 3.40. The zero-order chi connectivity index (χ0) is 23.8. The fourth-order valence-corrected chi connectivity index (χ4v) is 4.33. The van der Waals surface area contributed by atoms with Crippen molar-refractivity contribution in [3.63, 3.8) is 0 Å². The van der Waals surface area contributed by atoms with Crippen LogP contribution in [0.15, 0.2) is 24.3 Å². The second-order valence-corrected chi connectivity index (χ2v) is 8.50. The number of ether oxygens (including phenoxy) is 2. The maximum Gasteiger partial charge on any atom is 0.341 e. The highest BCUT2D eigenvalue weighted by Gasteiger charge is 2.27. The molecule has 2 aromatic rings. The molecule has 0 aliphatic rings. The molecule has 0 saturated heterocycles. The minimum atomic E-state index is -0.558. The molecule has 9 heteroatoms. The summed E-state index contributed by atoms with van der Waals surface area (Å²) in [7, 11) is 5.11. The second kappa shape index (κ2) is 11.6. The molecule has 0 aliphatic carbocycles. The van der Waals surface area contributed by atoms with Gasteiger partial charge in [-0.05, 0) is 51.1 Å². The van der Waals surface area contributed by atoms with E-state index in [9.17, 15) is 14.4 Å².